The second-order valence-electron chi connectivity index (χ2n) is 10.2. The molecule has 0 unspecified atom stereocenters. The van der Waals surface area contributed by atoms with Crippen LogP contribution in [0, 0.1) is 6.92 Å². The first-order chi connectivity index (χ1) is 17.8. The van der Waals surface area contributed by atoms with Crippen molar-refractivity contribution in [2.75, 3.05) is 23.0 Å². The Morgan fingerprint density at radius 3 is 2.68 bits per heavy atom. The van der Waals surface area contributed by atoms with Crippen LogP contribution in [0.4, 0.5) is 23.1 Å². The molecule has 0 saturated carbocycles. The maximum atomic E-state index is 12.2. The number of pyridine rings is 1. The first-order valence-electron chi connectivity index (χ1n) is 12.4. The molecular formula is C30H28N6O. The standard InChI is InChI=1S/C30H28N6O/c1-17-5-8-22-21(27(17)18-6-10-24-19(13-18)16-33-29(31-4)36-24)11-12-32-28(22)34-20-7-9-23-25(14-20)35-26(37)15-30(23,2)3/h5-14,16H,15H2,1-4H3,(H,32,34)(H,35,37)(H,31,33,36). The summed E-state index contributed by atoms with van der Waals surface area (Å²) in [5.41, 5.74) is 7.01. The Hall–Kier alpha value is -4.52. The van der Waals surface area contributed by atoms with E-state index in [2.05, 4.69) is 94.1 Å². The van der Waals surface area contributed by atoms with Crippen LogP contribution in [0.25, 0.3) is 32.8 Å². The smallest absolute Gasteiger partial charge is 0.225 e. The van der Waals surface area contributed by atoms with Crippen LogP contribution >= 0.6 is 0 Å². The SMILES string of the molecule is CNc1ncc2cc(-c3c(C)ccc4c(Nc5ccc6c(c5)NC(=O)CC6(C)C)nccc34)ccc2n1. The normalized spacial score (nSPS) is 14.3. The number of carbonyl (C=O) groups is 1. The number of rotatable bonds is 4. The van der Waals surface area contributed by atoms with E-state index in [0.717, 1.165) is 55.6 Å². The molecule has 7 nitrogen and oxygen atoms in total. The molecule has 37 heavy (non-hydrogen) atoms. The van der Waals surface area contributed by atoms with Gasteiger partial charge in [0, 0.05) is 53.4 Å². The molecule has 5 aromatic rings. The summed E-state index contributed by atoms with van der Waals surface area (Å²) >= 11 is 0. The maximum absolute atomic E-state index is 12.2. The molecule has 0 fully saturated rings. The van der Waals surface area contributed by atoms with Crippen molar-refractivity contribution < 1.29 is 4.79 Å². The van der Waals surface area contributed by atoms with Crippen molar-refractivity contribution in [2.24, 2.45) is 0 Å². The van der Waals surface area contributed by atoms with Gasteiger partial charge in [-0.3, -0.25) is 4.79 Å². The van der Waals surface area contributed by atoms with Gasteiger partial charge in [-0.2, -0.15) is 0 Å². The van der Waals surface area contributed by atoms with Gasteiger partial charge in [0.2, 0.25) is 11.9 Å². The highest BCUT2D eigenvalue weighted by atomic mass is 16.1. The van der Waals surface area contributed by atoms with Crippen LogP contribution < -0.4 is 16.0 Å². The predicted molar refractivity (Wildman–Crippen MR) is 151 cm³/mol. The summed E-state index contributed by atoms with van der Waals surface area (Å²) in [4.78, 5) is 25.8. The van der Waals surface area contributed by atoms with Gasteiger partial charge in [-0.1, -0.05) is 38.1 Å². The van der Waals surface area contributed by atoms with E-state index in [4.69, 9.17) is 0 Å². The Morgan fingerprint density at radius 1 is 0.973 bits per heavy atom. The predicted octanol–water partition coefficient (Wildman–Crippen LogP) is 6.56. The van der Waals surface area contributed by atoms with Crippen LogP contribution in [-0.4, -0.2) is 27.9 Å². The van der Waals surface area contributed by atoms with Crippen LogP contribution in [0.15, 0.2) is 67.0 Å². The molecule has 0 aliphatic carbocycles. The number of amides is 1. The fourth-order valence-corrected chi connectivity index (χ4v) is 5.30. The van der Waals surface area contributed by atoms with Gasteiger partial charge < -0.3 is 16.0 Å². The van der Waals surface area contributed by atoms with Gasteiger partial charge >= 0.3 is 0 Å². The van der Waals surface area contributed by atoms with E-state index >= 15 is 0 Å². The van der Waals surface area contributed by atoms with E-state index in [9.17, 15) is 4.79 Å². The van der Waals surface area contributed by atoms with Gasteiger partial charge in [-0.25, -0.2) is 15.0 Å². The quantitative estimate of drug-likeness (QED) is 0.265. The Balaban J connectivity index is 1.42. The van der Waals surface area contributed by atoms with E-state index in [1.165, 1.54) is 5.56 Å². The van der Waals surface area contributed by atoms with Crippen LogP contribution in [0.3, 0.4) is 0 Å². The number of nitrogens with one attached hydrogen (secondary N) is 3. The van der Waals surface area contributed by atoms with Crippen molar-refractivity contribution in [3.63, 3.8) is 0 Å². The highest BCUT2D eigenvalue weighted by Gasteiger charge is 2.31. The highest BCUT2D eigenvalue weighted by Crippen LogP contribution is 2.40. The van der Waals surface area contributed by atoms with Crippen molar-refractivity contribution in [2.45, 2.75) is 32.6 Å². The molecule has 1 aliphatic rings. The zero-order chi connectivity index (χ0) is 25.7. The molecule has 0 bridgehead atoms. The lowest BCUT2D eigenvalue weighted by Gasteiger charge is -2.32. The molecule has 3 aromatic carbocycles. The lowest BCUT2D eigenvalue weighted by Crippen LogP contribution is -2.32. The van der Waals surface area contributed by atoms with Gasteiger partial charge in [0.25, 0.3) is 0 Å². The van der Waals surface area contributed by atoms with Crippen LogP contribution in [0.2, 0.25) is 0 Å². The van der Waals surface area contributed by atoms with Crippen molar-refractivity contribution in [1.29, 1.82) is 0 Å². The molecule has 2 aromatic heterocycles. The van der Waals surface area contributed by atoms with Gasteiger partial charge in [-0.05, 0) is 64.9 Å². The highest BCUT2D eigenvalue weighted by molar-refractivity contribution is 6.05. The average Bonchev–Trinajstić information content (AvgIpc) is 2.87. The number of anilines is 4. The molecule has 3 heterocycles. The average molecular weight is 489 g/mol. The number of aryl methyl sites for hydroxylation is 1. The number of fused-ring (bicyclic) bond motifs is 3. The molecule has 0 spiro atoms. The molecule has 0 saturated heterocycles. The van der Waals surface area contributed by atoms with Crippen molar-refractivity contribution >= 4 is 50.7 Å². The van der Waals surface area contributed by atoms with Crippen molar-refractivity contribution in [1.82, 2.24) is 15.0 Å². The van der Waals surface area contributed by atoms with Crippen molar-refractivity contribution in [3.8, 4) is 11.1 Å². The lowest BCUT2D eigenvalue weighted by molar-refractivity contribution is -0.117. The minimum absolute atomic E-state index is 0.0426. The monoisotopic (exact) mass is 488 g/mol. The largest absolute Gasteiger partial charge is 0.357 e. The van der Waals surface area contributed by atoms with Crippen molar-refractivity contribution in [3.05, 3.63) is 78.1 Å². The van der Waals surface area contributed by atoms with Gasteiger partial charge in [0.1, 0.15) is 5.82 Å². The topological polar surface area (TPSA) is 91.8 Å². The first-order valence-corrected chi connectivity index (χ1v) is 12.4. The number of nitrogens with zero attached hydrogens (tertiary/aromatic N) is 3. The summed E-state index contributed by atoms with van der Waals surface area (Å²) < 4.78 is 0. The molecule has 0 radical (unpaired) electrons. The van der Waals surface area contributed by atoms with Crippen LogP contribution in [-0.2, 0) is 10.2 Å². The number of hydrogen-bond acceptors (Lipinski definition) is 6. The summed E-state index contributed by atoms with van der Waals surface area (Å²) in [5, 5.41) is 12.6. The second-order valence-corrected chi connectivity index (χ2v) is 10.2. The first kappa shape index (κ1) is 22.9. The Morgan fingerprint density at radius 2 is 1.84 bits per heavy atom. The lowest BCUT2D eigenvalue weighted by atomic mass is 9.78. The minimum Gasteiger partial charge on any atom is -0.357 e. The number of hydrogen-bond donors (Lipinski definition) is 3. The molecule has 3 N–H and O–H groups in total. The van der Waals surface area contributed by atoms with Crippen LogP contribution in [0.1, 0.15) is 31.4 Å². The maximum Gasteiger partial charge on any atom is 0.225 e. The molecule has 1 aliphatic heterocycles. The molecule has 0 atom stereocenters. The Kier molecular flexibility index (Phi) is 5.30. The van der Waals surface area contributed by atoms with Gasteiger partial charge in [0.15, 0.2) is 0 Å². The number of benzene rings is 3. The summed E-state index contributed by atoms with van der Waals surface area (Å²) in [5.74, 6) is 1.41. The zero-order valence-corrected chi connectivity index (χ0v) is 21.3. The third-order valence-electron chi connectivity index (χ3n) is 7.13. The zero-order valence-electron chi connectivity index (χ0n) is 21.3. The van der Waals surface area contributed by atoms with Crippen LogP contribution in [0.5, 0.6) is 0 Å². The molecule has 1 amide bonds. The third-order valence-corrected chi connectivity index (χ3v) is 7.13. The molecule has 184 valence electrons. The third kappa shape index (κ3) is 4.02. The van der Waals surface area contributed by atoms with E-state index in [1.54, 1.807) is 0 Å². The fourth-order valence-electron chi connectivity index (χ4n) is 5.30. The number of aromatic nitrogens is 3. The summed E-state index contributed by atoms with van der Waals surface area (Å²) in [6.45, 7) is 6.33. The Labute approximate surface area is 215 Å². The number of carbonyl (C=O) groups excluding carboxylic acids is 1. The molecular weight excluding hydrogens is 460 g/mol. The summed E-state index contributed by atoms with van der Waals surface area (Å²) in [6, 6.07) is 18.7. The van der Waals surface area contributed by atoms with E-state index in [-0.39, 0.29) is 11.3 Å². The molecule has 7 heteroatoms. The Bertz CT molecular complexity index is 1710. The summed E-state index contributed by atoms with van der Waals surface area (Å²) in [6.07, 6.45) is 4.17. The van der Waals surface area contributed by atoms with E-state index in [1.807, 2.05) is 31.6 Å². The second kappa shape index (κ2) is 8.55. The van der Waals surface area contributed by atoms with E-state index in [0.29, 0.717) is 12.4 Å². The molecule has 6 rings (SSSR count). The van der Waals surface area contributed by atoms with Gasteiger partial charge in [0.05, 0.1) is 5.52 Å². The van der Waals surface area contributed by atoms with Gasteiger partial charge in [-0.15, -0.1) is 0 Å². The summed E-state index contributed by atoms with van der Waals surface area (Å²) in [7, 11) is 1.82. The minimum atomic E-state index is -0.195. The fraction of sp³-hybridized carbons (Fsp3) is 0.200. The van der Waals surface area contributed by atoms with E-state index < -0.39 is 0 Å².